The molecule has 8 heteroatoms. The van der Waals surface area contributed by atoms with Gasteiger partial charge in [-0.2, -0.15) is 0 Å². The van der Waals surface area contributed by atoms with Crippen LogP contribution < -0.4 is 10.2 Å². The first kappa shape index (κ1) is 24.0. The highest BCUT2D eigenvalue weighted by atomic mass is 35.5. The maximum atomic E-state index is 12.3. The van der Waals surface area contributed by atoms with E-state index in [-0.39, 0.29) is 30.7 Å². The van der Waals surface area contributed by atoms with Crippen molar-refractivity contribution in [2.75, 3.05) is 71.0 Å². The van der Waals surface area contributed by atoms with Crippen LogP contribution in [0.4, 0.5) is 5.69 Å². The molecule has 1 aromatic carbocycles. The van der Waals surface area contributed by atoms with Crippen LogP contribution in [0.15, 0.2) is 24.3 Å². The van der Waals surface area contributed by atoms with Crippen molar-refractivity contribution in [1.82, 2.24) is 15.1 Å². The molecule has 0 bridgehead atoms. The molecule has 2 aliphatic rings. The summed E-state index contributed by atoms with van der Waals surface area (Å²) in [5, 5.41) is 3.29. The van der Waals surface area contributed by atoms with E-state index in [1.54, 1.807) is 0 Å². The third-order valence-electron chi connectivity index (χ3n) is 4.96. The molecule has 0 unspecified atom stereocenters. The lowest BCUT2D eigenvalue weighted by Crippen LogP contribution is -2.47. The van der Waals surface area contributed by atoms with Gasteiger partial charge in [-0.15, -0.1) is 24.8 Å². The Morgan fingerprint density at radius 2 is 1.78 bits per heavy atom. The van der Waals surface area contributed by atoms with Crippen LogP contribution in [0, 0.1) is 0 Å². The molecule has 154 valence electrons. The number of para-hydroxylation sites is 1. The van der Waals surface area contributed by atoms with Gasteiger partial charge in [0.1, 0.15) is 0 Å². The number of rotatable bonds is 6. The monoisotopic (exact) mass is 418 g/mol. The normalized spacial score (nSPS) is 17.3. The van der Waals surface area contributed by atoms with Crippen molar-refractivity contribution >= 4 is 36.4 Å². The molecule has 2 heterocycles. The average Bonchev–Trinajstić information content (AvgIpc) is 2.68. The smallest absolute Gasteiger partial charge is 0.223 e. The van der Waals surface area contributed by atoms with Crippen LogP contribution in [0.25, 0.3) is 0 Å². The van der Waals surface area contributed by atoms with Crippen molar-refractivity contribution in [1.29, 1.82) is 0 Å². The SMILES string of the molecule is CN(CCC(=O)N1CCNCC1)Cc1ccccc1N1CCOCC1.Cl.Cl. The van der Waals surface area contributed by atoms with E-state index < -0.39 is 0 Å². The van der Waals surface area contributed by atoms with E-state index in [0.29, 0.717) is 6.42 Å². The van der Waals surface area contributed by atoms with Crippen molar-refractivity contribution < 1.29 is 9.53 Å². The molecule has 1 N–H and O–H groups in total. The van der Waals surface area contributed by atoms with Gasteiger partial charge in [0.05, 0.1) is 13.2 Å². The third-order valence-corrected chi connectivity index (χ3v) is 4.96. The van der Waals surface area contributed by atoms with Gasteiger partial charge >= 0.3 is 0 Å². The fourth-order valence-electron chi connectivity index (χ4n) is 3.49. The number of hydrogen-bond donors (Lipinski definition) is 1. The fraction of sp³-hybridized carbons (Fsp3) is 0.632. The number of ether oxygens (including phenoxy) is 1. The molecule has 1 aromatic rings. The maximum absolute atomic E-state index is 12.3. The molecule has 0 aliphatic carbocycles. The zero-order valence-corrected chi connectivity index (χ0v) is 17.7. The summed E-state index contributed by atoms with van der Waals surface area (Å²) in [5.74, 6) is 0.273. The molecule has 2 aliphatic heterocycles. The Hall–Kier alpha value is -1.05. The van der Waals surface area contributed by atoms with Crippen LogP contribution >= 0.6 is 24.8 Å². The Labute approximate surface area is 175 Å². The highest BCUT2D eigenvalue weighted by molar-refractivity contribution is 5.85. The van der Waals surface area contributed by atoms with Crippen molar-refractivity contribution in [2.24, 2.45) is 0 Å². The number of anilines is 1. The Morgan fingerprint density at radius 3 is 2.48 bits per heavy atom. The molecule has 0 atom stereocenters. The number of carbonyl (C=O) groups excluding carboxylic acids is 1. The first-order valence-corrected chi connectivity index (χ1v) is 9.31. The van der Waals surface area contributed by atoms with Crippen LogP contribution in [0.3, 0.4) is 0 Å². The minimum Gasteiger partial charge on any atom is -0.378 e. The van der Waals surface area contributed by atoms with Crippen LogP contribution in [-0.4, -0.2) is 81.8 Å². The summed E-state index contributed by atoms with van der Waals surface area (Å²) in [6.45, 7) is 8.63. The number of nitrogens with one attached hydrogen (secondary N) is 1. The second-order valence-corrected chi connectivity index (χ2v) is 6.85. The van der Waals surface area contributed by atoms with Crippen LogP contribution in [0.2, 0.25) is 0 Å². The van der Waals surface area contributed by atoms with E-state index >= 15 is 0 Å². The Bertz CT molecular complexity index is 564. The topological polar surface area (TPSA) is 48.1 Å². The molecule has 1 amide bonds. The number of halogens is 2. The maximum Gasteiger partial charge on any atom is 0.223 e. The third kappa shape index (κ3) is 7.12. The zero-order valence-electron chi connectivity index (χ0n) is 16.1. The van der Waals surface area contributed by atoms with Gasteiger partial charge in [0.25, 0.3) is 0 Å². The largest absolute Gasteiger partial charge is 0.378 e. The molecule has 2 fully saturated rings. The Morgan fingerprint density at radius 1 is 1.11 bits per heavy atom. The molecule has 0 spiro atoms. The summed E-state index contributed by atoms with van der Waals surface area (Å²) in [6, 6.07) is 8.58. The quantitative estimate of drug-likeness (QED) is 0.760. The van der Waals surface area contributed by atoms with Gasteiger partial charge in [0, 0.05) is 64.5 Å². The summed E-state index contributed by atoms with van der Waals surface area (Å²) < 4.78 is 5.47. The average molecular weight is 419 g/mol. The number of piperazine rings is 1. The lowest BCUT2D eigenvalue weighted by molar-refractivity contribution is -0.132. The van der Waals surface area contributed by atoms with Crippen LogP contribution in [0.5, 0.6) is 0 Å². The minimum absolute atomic E-state index is 0. The lowest BCUT2D eigenvalue weighted by Gasteiger charge is -2.31. The van der Waals surface area contributed by atoms with Crippen LogP contribution in [-0.2, 0) is 16.1 Å². The van der Waals surface area contributed by atoms with E-state index in [1.165, 1.54) is 11.3 Å². The number of benzene rings is 1. The van der Waals surface area contributed by atoms with Crippen molar-refractivity contribution in [3.63, 3.8) is 0 Å². The summed E-state index contributed by atoms with van der Waals surface area (Å²) in [5.41, 5.74) is 2.62. The van der Waals surface area contributed by atoms with Crippen molar-refractivity contribution in [3.8, 4) is 0 Å². The van der Waals surface area contributed by atoms with Gasteiger partial charge < -0.3 is 24.8 Å². The highest BCUT2D eigenvalue weighted by Crippen LogP contribution is 2.22. The standard InChI is InChI=1S/C19H30N4O2.2ClH/c1-21(9-6-19(24)23-10-7-20-8-11-23)16-17-4-2-3-5-18(17)22-12-14-25-15-13-22;;/h2-5,20H,6-16H2,1H3;2*1H. The predicted molar refractivity (Wildman–Crippen MR) is 114 cm³/mol. The number of nitrogens with zero attached hydrogens (tertiary/aromatic N) is 3. The first-order chi connectivity index (χ1) is 12.2. The molecule has 2 saturated heterocycles. The molecular weight excluding hydrogens is 387 g/mol. The zero-order chi connectivity index (χ0) is 17.5. The van der Waals surface area contributed by atoms with E-state index in [2.05, 4.69) is 46.4 Å². The molecule has 0 radical (unpaired) electrons. The summed E-state index contributed by atoms with van der Waals surface area (Å²) in [7, 11) is 2.10. The van der Waals surface area contributed by atoms with Gasteiger partial charge in [0.2, 0.25) is 5.91 Å². The summed E-state index contributed by atoms with van der Waals surface area (Å²) in [6.07, 6.45) is 0.593. The number of hydrogen-bond acceptors (Lipinski definition) is 5. The second kappa shape index (κ2) is 12.4. The van der Waals surface area contributed by atoms with E-state index in [9.17, 15) is 4.79 Å². The predicted octanol–water partition coefficient (Wildman–Crippen LogP) is 1.62. The molecule has 6 nitrogen and oxygen atoms in total. The fourth-order valence-corrected chi connectivity index (χ4v) is 3.49. The molecule has 0 saturated carbocycles. The van der Waals surface area contributed by atoms with Crippen molar-refractivity contribution in [2.45, 2.75) is 13.0 Å². The van der Waals surface area contributed by atoms with Gasteiger partial charge in [-0.25, -0.2) is 0 Å². The van der Waals surface area contributed by atoms with Gasteiger partial charge in [-0.1, -0.05) is 18.2 Å². The summed E-state index contributed by atoms with van der Waals surface area (Å²) >= 11 is 0. The van der Waals surface area contributed by atoms with Crippen molar-refractivity contribution in [3.05, 3.63) is 29.8 Å². The molecule has 0 aromatic heterocycles. The van der Waals surface area contributed by atoms with E-state index in [4.69, 9.17) is 4.74 Å². The van der Waals surface area contributed by atoms with E-state index in [0.717, 1.165) is 65.6 Å². The van der Waals surface area contributed by atoms with Gasteiger partial charge in [-0.3, -0.25) is 4.79 Å². The Balaban J connectivity index is 0.00000182. The van der Waals surface area contributed by atoms with Gasteiger partial charge in [-0.05, 0) is 18.7 Å². The molecule has 3 rings (SSSR count). The first-order valence-electron chi connectivity index (χ1n) is 9.31. The second-order valence-electron chi connectivity index (χ2n) is 6.85. The van der Waals surface area contributed by atoms with Gasteiger partial charge in [0.15, 0.2) is 0 Å². The number of amides is 1. The van der Waals surface area contributed by atoms with E-state index in [1.807, 2.05) is 4.90 Å². The Kier molecular flexibility index (Phi) is 11.0. The number of carbonyl (C=O) groups is 1. The molecule has 27 heavy (non-hydrogen) atoms. The number of morpholine rings is 1. The minimum atomic E-state index is 0. The van der Waals surface area contributed by atoms with Crippen LogP contribution in [0.1, 0.15) is 12.0 Å². The summed E-state index contributed by atoms with van der Waals surface area (Å²) in [4.78, 5) is 18.9. The lowest BCUT2D eigenvalue weighted by atomic mass is 10.1. The highest BCUT2D eigenvalue weighted by Gasteiger charge is 2.18. The molecular formula is C19H32Cl2N4O2.